The number of alkyl halides is 1. The first-order valence-corrected chi connectivity index (χ1v) is 9.69. The van der Waals surface area contributed by atoms with Crippen LogP contribution < -0.4 is 0 Å². The topological polar surface area (TPSA) is 0 Å². The Bertz CT molecular complexity index is 462. The van der Waals surface area contributed by atoms with Crippen LogP contribution in [-0.2, 0) is 0 Å². The molecule has 2 saturated carbocycles. The summed E-state index contributed by atoms with van der Waals surface area (Å²) in [6.45, 7) is 7.26. The summed E-state index contributed by atoms with van der Waals surface area (Å²) in [5.41, 5.74) is 2.63. The molecule has 2 unspecified atom stereocenters. The van der Waals surface area contributed by atoms with Gasteiger partial charge in [0.05, 0.1) is 0 Å². The third kappa shape index (κ3) is 3.09. The van der Waals surface area contributed by atoms with E-state index in [1.54, 1.807) is 5.56 Å². The zero-order chi connectivity index (χ0) is 15.1. The fraction of sp³-hybridized carbons (Fsp3) is 0.700. The standard InChI is InChI=1S/C20H29Br/c1-19(2,3)16-9-11-20(14-21,12-10-16)18-13-17(18)15-7-5-4-6-8-15/h4-8,16-18H,9-14H2,1-3H3. The van der Waals surface area contributed by atoms with E-state index >= 15 is 0 Å². The molecule has 1 aromatic carbocycles. The summed E-state index contributed by atoms with van der Waals surface area (Å²) >= 11 is 3.88. The van der Waals surface area contributed by atoms with Crippen molar-refractivity contribution >= 4 is 15.9 Å². The average Bonchev–Trinajstić information content (AvgIpc) is 3.28. The summed E-state index contributed by atoms with van der Waals surface area (Å²) in [7, 11) is 0. The Morgan fingerprint density at radius 1 is 1.10 bits per heavy atom. The zero-order valence-electron chi connectivity index (χ0n) is 13.7. The molecule has 1 heteroatoms. The van der Waals surface area contributed by atoms with Crippen LogP contribution in [0.1, 0.15) is 64.4 Å². The zero-order valence-corrected chi connectivity index (χ0v) is 15.3. The van der Waals surface area contributed by atoms with Crippen LogP contribution >= 0.6 is 15.9 Å². The van der Waals surface area contributed by atoms with Gasteiger partial charge in [0.2, 0.25) is 0 Å². The van der Waals surface area contributed by atoms with Crippen molar-refractivity contribution in [2.75, 3.05) is 5.33 Å². The number of hydrogen-bond donors (Lipinski definition) is 0. The predicted octanol–water partition coefficient (Wildman–Crippen LogP) is 6.41. The van der Waals surface area contributed by atoms with Crippen LogP contribution in [0.5, 0.6) is 0 Å². The Morgan fingerprint density at radius 3 is 2.24 bits per heavy atom. The molecule has 2 aliphatic carbocycles. The van der Waals surface area contributed by atoms with Crippen molar-refractivity contribution in [1.82, 2.24) is 0 Å². The maximum Gasteiger partial charge on any atom is 0.00908 e. The Hall–Kier alpha value is -0.300. The van der Waals surface area contributed by atoms with Gasteiger partial charge in [0.25, 0.3) is 0 Å². The molecule has 0 heterocycles. The van der Waals surface area contributed by atoms with Crippen molar-refractivity contribution < 1.29 is 0 Å². The summed E-state index contributed by atoms with van der Waals surface area (Å²) in [5.74, 6) is 2.66. The SMILES string of the molecule is CC(C)(C)C1CCC(CBr)(C2CC2c2ccccc2)CC1. The number of benzene rings is 1. The second-order valence-electron chi connectivity index (χ2n) is 8.50. The lowest BCUT2D eigenvalue weighted by Gasteiger charge is -2.44. The molecule has 0 spiro atoms. The Labute approximate surface area is 138 Å². The van der Waals surface area contributed by atoms with Crippen molar-refractivity contribution in [1.29, 1.82) is 0 Å². The van der Waals surface area contributed by atoms with E-state index < -0.39 is 0 Å². The van der Waals surface area contributed by atoms with E-state index in [0.717, 1.165) is 17.8 Å². The molecule has 1 aromatic rings. The number of hydrogen-bond acceptors (Lipinski definition) is 0. The maximum atomic E-state index is 3.88. The van der Waals surface area contributed by atoms with Gasteiger partial charge in [-0.1, -0.05) is 67.0 Å². The highest BCUT2D eigenvalue weighted by atomic mass is 79.9. The quantitative estimate of drug-likeness (QED) is 0.553. The molecule has 0 bridgehead atoms. The van der Waals surface area contributed by atoms with Gasteiger partial charge in [-0.3, -0.25) is 0 Å². The van der Waals surface area contributed by atoms with Crippen LogP contribution in [0.2, 0.25) is 0 Å². The second kappa shape index (κ2) is 5.72. The normalized spacial score (nSPS) is 36.5. The minimum absolute atomic E-state index is 0.487. The molecule has 2 fully saturated rings. The lowest BCUT2D eigenvalue weighted by molar-refractivity contribution is 0.0870. The van der Waals surface area contributed by atoms with E-state index in [1.165, 1.54) is 37.4 Å². The highest BCUT2D eigenvalue weighted by Gasteiger charge is 2.53. The molecular formula is C20H29Br. The summed E-state index contributed by atoms with van der Waals surface area (Å²) in [6, 6.07) is 11.2. The van der Waals surface area contributed by atoms with Gasteiger partial charge in [0, 0.05) is 5.33 Å². The van der Waals surface area contributed by atoms with Gasteiger partial charge in [-0.2, -0.15) is 0 Å². The lowest BCUT2D eigenvalue weighted by Crippen LogP contribution is -2.35. The number of halogens is 1. The predicted molar refractivity (Wildman–Crippen MR) is 94.9 cm³/mol. The second-order valence-corrected chi connectivity index (χ2v) is 9.06. The first-order chi connectivity index (χ1) is 9.96. The van der Waals surface area contributed by atoms with E-state index in [-0.39, 0.29) is 0 Å². The number of rotatable bonds is 3. The van der Waals surface area contributed by atoms with E-state index in [0.29, 0.717) is 10.8 Å². The largest absolute Gasteiger partial charge is 0.0922 e. The van der Waals surface area contributed by atoms with Crippen molar-refractivity contribution in [2.24, 2.45) is 22.7 Å². The first kappa shape index (κ1) is 15.6. The van der Waals surface area contributed by atoms with Crippen molar-refractivity contribution in [3.63, 3.8) is 0 Å². The van der Waals surface area contributed by atoms with Gasteiger partial charge in [-0.25, -0.2) is 0 Å². The van der Waals surface area contributed by atoms with Crippen LogP contribution in [0, 0.1) is 22.7 Å². The summed E-state index contributed by atoms with van der Waals surface area (Å²) in [4.78, 5) is 0. The lowest BCUT2D eigenvalue weighted by atomic mass is 9.62. The maximum absolute atomic E-state index is 3.88. The van der Waals surface area contributed by atoms with Gasteiger partial charge in [-0.05, 0) is 66.3 Å². The molecule has 2 atom stereocenters. The molecule has 0 aliphatic heterocycles. The van der Waals surface area contributed by atoms with Crippen molar-refractivity contribution in [3.05, 3.63) is 35.9 Å². The summed E-state index contributed by atoms with van der Waals surface area (Å²) in [5, 5.41) is 1.20. The Morgan fingerprint density at radius 2 is 1.71 bits per heavy atom. The van der Waals surface area contributed by atoms with Gasteiger partial charge in [0.15, 0.2) is 0 Å². The fourth-order valence-electron chi connectivity index (χ4n) is 4.60. The third-order valence-electron chi connectivity index (χ3n) is 6.28. The van der Waals surface area contributed by atoms with Crippen molar-refractivity contribution in [2.45, 2.75) is 58.8 Å². The highest BCUT2D eigenvalue weighted by molar-refractivity contribution is 9.09. The molecule has 0 N–H and O–H groups in total. The molecule has 0 aromatic heterocycles. The molecule has 0 saturated heterocycles. The Balaban J connectivity index is 1.68. The molecule has 0 radical (unpaired) electrons. The van der Waals surface area contributed by atoms with Crippen LogP contribution in [0.25, 0.3) is 0 Å². The molecule has 0 amide bonds. The van der Waals surface area contributed by atoms with Gasteiger partial charge >= 0.3 is 0 Å². The molecule has 0 nitrogen and oxygen atoms in total. The minimum atomic E-state index is 0.487. The van der Waals surface area contributed by atoms with Gasteiger partial charge in [0.1, 0.15) is 0 Å². The average molecular weight is 349 g/mol. The first-order valence-electron chi connectivity index (χ1n) is 8.57. The fourth-order valence-corrected chi connectivity index (χ4v) is 5.58. The van der Waals surface area contributed by atoms with Crippen LogP contribution in [0.15, 0.2) is 30.3 Å². The highest BCUT2D eigenvalue weighted by Crippen LogP contribution is 2.63. The summed E-state index contributed by atoms with van der Waals surface area (Å²) in [6.07, 6.45) is 7.11. The molecule has 2 aliphatic rings. The van der Waals surface area contributed by atoms with E-state index in [4.69, 9.17) is 0 Å². The van der Waals surface area contributed by atoms with Crippen molar-refractivity contribution in [3.8, 4) is 0 Å². The summed E-state index contributed by atoms with van der Waals surface area (Å²) < 4.78 is 0. The van der Waals surface area contributed by atoms with Crippen LogP contribution in [-0.4, -0.2) is 5.33 Å². The van der Waals surface area contributed by atoms with Gasteiger partial charge < -0.3 is 0 Å². The monoisotopic (exact) mass is 348 g/mol. The molecule has 116 valence electrons. The smallest absolute Gasteiger partial charge is 0.00908 e. The third-order valence-corrected chi connectivity index (χ3v) is 7.39. The van der Waals surface area contributed by atoms with Crippen LogP contribution in [0.3, 0.4) is 0 Å². The minimum Gasteiger partial charge on any atom is -0.0922 e. The molecule has 21 heavy (non-hydrogen) atoms. The Kier molecular flexibility index (Phi) is 4.25. The van der Waals surface area contributed by atoms with E-state index in [1.807, 2.05) is 0 Å². The van der Waals surface area contributed by atoms with E-state index in [9.17, 15) is 0 Å². The van der Waals surface area contributed by atoms with Crippen LogP contribution in [0.4, 0.5) is 0 Å². The molecular weight excluding hydrogens is 320 g/mol. The van der Waals surface area contributed by atoms with E-state index in [2.05, 4.69) is 67.0 Å². The van der Waals surface area contributed by atoms with Gasteiger partial charge in [-0.15, -0.1) is 0 Å². The molecule has 3 rings (SSSR count).